The predicted octanol–water partition coefficient (Wildman–Crippen LogP) is 1.53. The summed E-state index contributed by atoms with van der Waals surface area (Å²) >= 11 is 0. The van der Waals surface area contributed by atoms with Gasteiger partial charge in [-0.1, -0.05) is 12.1 Å². The van der Waals surface area contributed by atoms with E-state index < -0.39 is 52.6 Å². The highest BCUT2D eigenvalue weighted by atomic mass is 16.3. The molecule has 4 rings (SSSR count). The molecule has 0 amide bonds. The first-order valence-electron chi connectivity index (χ1n) is 9.87. The summed E-state index contributed by atoms with van der Waals surface area (Å²) < 4.78 is 0. The van der Waals surface area contributed by atoms with Gasteiger partial charge < -0.3 is 5.11 Å². The highest BCUT2D eigenvalue weighted by Crippen LogP contribution is 2.48. The van der Waals surface area contributed by atoms with Gasteiger partial charge in [-0.25, -0.2) is 0 Å². The van der Waals surface area contributed by atoms with Crippen molar-refractivity contribution in [2.45, 2.75) is 26.2 Å². The molecule has 30 heavy (non-hydrogen) atoms. The van der Waals surface area contributed by atoms with Gasteiger partial charge in [0.25, 0.3) is 0 Å². The maximum Gasteiger partial charge on any atom is 0.177 e. The number of phenolic OH excluding ortho intramolecular Hbond substituents is 1. The minimum Gasteiger partial charge on any atom is -0.507 e. The number of aldehydes is 1. The number of rotatable bonds is 3. The molecular weight excluding hydrogens is 388 g/mol. The monoisotopic (exact) mass is 408 g/mol. The standard InChI is InChI=1S/C23H20O7/c1-10(25)16-15(26)9-14-8-13-7-12-5-4-11(3-2-6-24)20(27)17(12)22(29)18(13)23(30)19(14)21(16)28/h2-6,13-14,16,18-19,27H,7-9H2,1H3/b3-2+. The fourth-order valence-electron chi connectivity index (χ4n) is 5.39. The molecule has 1 aromatic rings. The Morgan fingerprint density at radius 1 is 1.03 bits per heavy atom. The van der Waals surface area contributed by atoms with E-state index in [1.165, 1.54) is 12.2 Å². The van der Waals surface area contributed by atoms with Gasteiger partial charge in [0, 0.05) is 12.0 Å². The van der Waals surface area contributed by atoms with Crippen molar-refractivity contribution in [3.63, 3.8) is 0 Å². The number of hydrogen-bond donors (Lipinski definition) is 1. The third-order valence-corrected chi connectivity index (χ3v) is 6.61. The lowest BCUT2D eigenvalue weighted by Gasteiger charge is -2.44. The molecule has 5 atom stereocenters. The first-order chi connectivity index (χ1) is 14.3. The smallest absolute Gasteiger partial charge is 0.177 e. The van der Waals surface area contributed by atoms with E-state index in [-0.39, 0.29) is 29.2 Å². The van der Waals surface area contributed by atoms with Gasteiger partial charge in [0.05, 0.1) is 17.4 Å². The van der Waals surface area contributed by atoms with Crippen LogP contribution in [0.4, 0.5) is 0 Å². The number of carbonyl (C=O) groups is 6. The summed E-state index contributed by atoms with van der Waals surface area (Å²) in [5.74, 6) is -7.62. The Hall–Kier alpha value is -3.22. The Bertz CT molecular complexity index is 1050. The molecule has 1 N–H and O–H groups in total. The summed E-state index contributed by atoms with van der Waals surface area (Å²) in [6.07, 6.45) is 3.81. The number of ketones is 5. The topological polar surface area (TPSA) is 123 Å². The summed E-state index contributed by atoms with van der Waals surface area (Å²) in [5, 5.41) is 10.6. The zero-order valence-electron chi connectivity index (χ0n) is 16.3. The summed E-state index contributed by atoms with van der Waals surface area (Å²) in [5.41, 5.74) is 0.923. The quantitative estimate of drug-likeness (QED) is 0.457. The molecule has 0 aliphatic heterocycles. The lowest BCUT2D eigenvalue weighted by molar-refractivity contribution is -0.152. The van der Waals surface area contributed by atoms with Gasteiger partial charge in [0.15, 0.2) is 23.1 Å². The van der Waals surface area contributed by atoms with E-state index in [9.17, 15) is 33.9 Å². The van der Waals surface area contributed by atoms with Crippen LogP contribution in [-0.2, 0) is 30.4 Å². The van der Waals surface area contributed by atoms with E-state index in [1.54, 1.807) is 12.1 Å². The highest BCUT2D eigenvalue weighted by molar-refractivity contribution is 6.27. The first kappa shape index (κ1) is 20.1. The van der Waals surface area contributed by atoms with Crippen LogP contribution in [0.1, 0.15) is 41.3 Å². The molecule has 0 heterocycles. The molecule has 0 saturated heterocycles. The summed E-state index contributed by atoms with van der Waals surface area (Å²) in [7, 11) is 0. The van der Waals surface area contributed by atoms with Crippen LogP contribution in [0.3, 0.4) is 0 Å². The van der Waals surface area contributed by atoms with Crippen molar-refractivity contribution in [3.05, 3.63) is 34.9 Å². The van der Waals surface area contributed by atoms with Crippen LogP contribution in [0.15, 0.2) is 18.2 Å². The Morgan fingerprint density at radius 3 is 2.40 bits per heavy atom. The minimum atomic E-state index is -1.42. The Morgan fingerprint density at radius 2 is 1.73 bits per heavy atom. The van der Waals surface area contributed by atoms with Crippen molar-refractivity contribution in [2.75, 3.05) is 0 Å². The minimum absolute atomic E-state index is 0.0165. The van der Waals surface area contributed by atoms with Gasteiger partial charge in [-0.2, -0.15) is 0 Å². The molecule has 0 bridgehead atoms. The van der Waals surface area contributed by atoms with Crippen molar-refractivity contribution in [1.29, 1.82) is 0 Å². The van der Waals surface area contributed by atoms with Gasteiger partial charge in [-0.15, -0.1) is 0 Å². The molecule has 2 fully saturated rings. The van der Waals surface area contributed by atoms with E-state index in [0.717, 1.165) is 6.92 Å². The third-order valence-electron chi connectivity index (χ3n) is 6.61. The molecule has 0 spiro atoms. The second kappa shape index (κ2) is 7.23. The molecular formula is C23H20O7. The zero-order chi connectivity index (χ0) is 21.7. The lowest BCUT2D eigenvalue weighted by atomic mass is 9.56. The number of phenols is 1. The van der Waals surface area contributed by atoms with Crippen molar-refractivity contribution in [3.8, 4) is 5.75 Å². The molecule has 1 aromatic carbocycles. The van der Waals surface area contributed by atoms with Gasteiger partial charge in [-0.05, 0) is 49.3 Å². The normalized spacial score (nSPS) is 30.6. The van der Waals surface area contributed by atoms with Crippen molar-refractivity contribution in [1.82, 2.24) is 0 Å². The fraction of sp³-hybridized carbons (Fsp3) is 0.391. The van der Waals surface area contributed by atoms with E-state index in [4.69, 9.17) is 0 Å². The zero-order valence-corrected chi connectivity index (χ0v) is 16.3. The molecule has 3 aliphatic rings. The van der Waals surface area contributed by atoms with E-state index in [1.807, 2.05) is 0 Å². The number of aromatic hydroxyl groups is 1. The second-order valence-electron chi connectivity index (χ2n) is 8.33. The molecule has 0 radical (unpaired) electrons. The van der Waals surface area contributed by atoms with Crippen LogP contribution in [0.2, 0.25) is 0 Å². The lowest BCUT2D eigenvalue weighted by Crippen LogP contribution is -2.55. The number of fused-ring (bicyclic) bond motifs is 3. The summed E-state index contributed by atoms with van der Waals surface area (Å²) in [6.45, 7) is 1.16. The molecule has 154 valence electrons. The largest absolute Gasteiger partial charge is 0.507 e. The van der Waals surface area contributed by atoms with Crippen LogP contribution in [-0.4, -0.2) is 40.3 Å². The van der Waals surface area contributed by atoms with Crippen LogP contribution < -0.4 is 0 Å². The average molecular weight is 408 g/mol. The number of Topliss-reactive ketones (excluding diaryl/α,β-unsaturated/α-hetero) is 5. The Kier molecular flexibility index (Phi) is 4.84. The summed E-state index contributed by atoms with van der Waals surface area (Å²) in [6, 6.07) is 3.29. The van der Waals surface area contributed by atoms with E-state index >= 15 is 0 Å². The third kappa shape index (κ3) is 2.88. The van der Waals surface area contributed by atoms with Gasteiger partial charge in [-0.3, -0.25) is 28.8 Å². The maximum absolute atomic E-state index is 13.3. The highest BCUT2D eigenvalue weighted by Gasteiger charge is 2.57. The molecule has 7 nitrogen and oxygen atoms in total. The van der Waals surface area contributed by atoms with Gasteiger partial charge >= 0.3 is 0 Å². The number of benzene rings is 1. The predicted molar refractivity (Wildman–Crippen MR) is 104 cm³/mol. The summed E-state index contributed by atoms with van der Waals surface area (Å²) in [4.78, 5) is 74.0. The number of allylic oxidation sites excluding steroid dienone is 1. The van der Waals surface area contributed by atoms with E-state index in [0.29, 0.717) is 24.7 Å². The van der Waals surface area contributed by atoms with Crippen molar-refractivity contribution >= 4 is 41.3 Å². The van der Waals surface area contributed by atoms with Crippen LogP contribution >= 0.6 is 0 Å². The number of hydrogen-bond acceptors (Lipinski definition) is 7. The van der Waals surface area contributed by atoms with Gasteiger partial charge in [0.2, 0.25) is 0 Å². The van der Waals surface area contributed by atoms with Crippen LogP contribution in [0, 0.1) is 29.6 Å². The Labute approximate surface area is 172 Å². The first-order valence-corrected chi connectivity index (χ1v) is 9.87. The average Bonchev–Trinajstić information content (AvgIpc) is 2.66. The molecule has 5 unspecified atom stereocenters. The van der Waals surface area contributed by atoms with Gasteiger partial charge in [0.1, 0.15) is 23.7 Å². The SMILES string of the molecule is CC(=O)C1C(=O)CC2CC3Cc4ccc(/C=C/C=O)c(O)c4C(=O)C3C(=O)C2C1=O. The fourth-order valence-corrected chi connectivity index (χ4v) is 5.39. The van der Waals surface area contributed by atoms with Crippen LogP contribution in [0.25, 0.3) is 6.08 Å². The molecule has 2 saturated carbocycles. The second-order valence-corrected chi connectivity index (χ2v) is 8.33. The van der Waals surface area contributed by atoms with Crippen molar-refractivity contribution in [2.24, 2.45) is 29.6 Å². The van der Waals surface area contributed by atoms with Crippen LogP contribution in [0.5, 0.6) is 5.75 Å². The maximum atomic E-state index is 13.3. The number of carbonyl (C=O) groups excluding carboxylic acids is 6. The molecule has 0 aromatic heterocycles. The van der Waals surface area contributed by atoms with E-state index in [2.05, 4.69) is 0 Å². The molecule has 3 aliphatic carbocycles. The Balaban J connectivity index is 1.74. The van der Waals surface area contributed by atoms with Crippen molar-refractivity contribution < 1.29 is 33.9 Å². The molecule has 7 heteroatoms.